The van der Waals surface area contributed by atoms with Crippen LogP contribution in [0.5, 0.6) is 5.75 Å². The van der Waals surface area contributed by atoms with Gasteiger partial charge in [0.05, 0.1) is 6.61 Å². The molecule has 0 spiro atoms. The Morgan fingerprint density at radius 1 is 1.33 bits per heavy atom. The van der Waals surface area contributed by atoms with Crippen LogP contribution in [-0.2, 0) is 0 Å². The van der Waals surface area contributed by atoms with Gasteiger partial charge in [-0.2, -0.15) is 0 Å². The molecule has 0 radical (unpaired) electrons. The predicted octanol–water partition coefficient (Wildman–Crippen LogP) is 2.95. The summed E-state index contributed by atoms with van der Waals surface area (Å²) in [6.45, 7) is 4.77. The summed E-state index contributed by atoms with van der Waals surface area (Å²) < 4.78 is 5.61. The van der Waals surface area contributed by atoms with Crippen LogP contribution in [0.2, 0.25) is 0 Å². The number of nitrogens with zero attached hydrogens (tertiary/aromatic N) is 2. The highest BCUT2D eigenvalue weighted by Gasteiger charge is 2.11. The molecule has 1 aromatic carbocycles. The van der Waals surface area contributed by atoms with E-state index in [-0.39, 0.29) is 6.04 Å². The maximum absolute atomic E-state index is 5.61. The zero-order chi connectivity index (χ0) is 15.1. The van der Waals surface area contributed by atoms with Crippen LogP contribution in [0.1, 0.15) is 30.8 Å². The van der Waals surface area contributed by atoms with Gasteiger partial charge in [-0.15, -0.1) is 5.10 Å². The Balaban J connectivity index is 1.93. The number of aromatic nitrogens is 3. The second-order valence-corrected chi connectivity index (χ2v) is 5.76. The number of benzene rings is 1. The van der Waals surface area contributed by atoms with Gasteiger partial charge in [0.15, 0.2) is 0 Å². The summed E-state index contributed by atoms with van der Waals surface area (Å²) in [5, 5.41) is 11.1. The molecule has 1 aromatic heterocycles. The van der Waals surface area contributed by atoms with Crippen molar-refractivity contribution in [1.29, 1.82) is 0 Å². The molecule has 0 saturated heterocycles. The molecular formula is C15H22N4OS. The van der Waals surface area contributed by atoms with E-state index in [9.17, 15) is 0 Å². The first kappa shape index (κ1) is 15.9. The van der Waals surface area contributed by atoms with Gasteiger partial charge < -0.3 is 10.1 Å². The molecule has 0 fully saturated rings. The number of H-pyrrole nitrogens is 1. The van der Waals surface area contributed by atoms with E-state index in [0.717, 1.165) is 35.5 Å². The van der Waals surface area contributed by atoms with E-state index in [1.807, 2.05) is 26.1 Å². The third-order valence-corrected chi connectivity index (χ3v) is 4.00. The van der Waals surface area contributed by atoms with Crippen LogP contribution >= 0.6 is 11.8 Å². The number of hydrogen-bond acceptors (Lipinski definition) is 5. The summed E-state index contributed by atoms with van der Waals surface area (Å²) in [7, 11) is 1.97. The fraction of sp³-hybridized carbons (Fsp3) is 0.467. The van der Waals surface area contributed by atoms with Gasteiger partial charge in [0.2, 0.25) is 5.16 Å². The first-order chi connectivity index (χ1) is 10.2. The smallest absolute Gasteiger partial charge is 0.208 e. The summed E-state index contributed by atoms with van der Waals surface area (Å²) in [5.41, 5.74) is 1.24. The Hall–Kier alpha value is -1.53. The van der Waals surface area contributed by atoms with Crippen molar-refractivity contribution in [2.45, 2.75) is 31.5 Å². The van der Waals surface area contributed by atoms with Gasteiger partial charge >= 0.3 is 0 Å². The van der Waals surface area contributed by atoms with Gasteiger partial charge in [-0.25, -0.2) is 4.98 Å². The quantitative estimate of drug-likeness (QED) is 0.734. The molecule has 1 atom stereocenters. The van der Waals surface area contributed by atoms with E-state index < -0.39 is 0 Å². The fourth-order valence-corrected chi connectivity index (χ4v) is 2.89. The number of nitrogens with one attached hydrogen (secondary N) is 2. The van der Waals surface area contributed by atoms with Crippen LogP contribution in [0.25, 0.3) is 0 Å². The topological polar surface area (TPSA) is 62.8 Å². The Kier molecular flexibility index (Phi) is 6.07. The second kappa shape index (κ2) is 8.05. The zero-order valence-corrected chi connectivity index (χ0v) is 13.5. The van der Waals surface area contributed by atoms with E-state index >= 15 is 0 Å². The lowest BCUT2D eigenvalue weighted by molar-refractivity contribution is 0.317. The molecule has 0 aliphatic carbocycles. The van der Waals surface area contributed by atoms with Crippen LogP contribution < -0.4 is 10.1 Å². The minimum atomic E-state index is 0.258. The van der Waals surface area contributed by atoms with E-state index in [1.165, 1.54) is 5.56 Å². The van der Waals surface area contributed by atoms with Gasteiger partial charge in [-0.3, -0.25) is 5.10 Å². The van der Waals surface area contributed by atoms with E-state index in [0.29, 0.717) is 0 Å². The lowest BCUT2D eigenvalue weighted by Gasteiger charge is -2.16. The monoisotopic (exact) mass is 306 g/mol. The molecule has 0 bridgehead atoms. The van der Waals surface area contributed by atoms with Crippen molar-refractivity contribution in [3.05, 3.63) is 35.7 Å². The molecular weight excluding hydrogens is 284 g/mol. The standard InChI is InChI=1S/C15H22N4OS/c1-4-9-20-13-7-5-12(6-8-13)14(16-3)10-21-15-17-11(2)18-19-15/h5-8,14,16H,4,9-10H2,1-3H3,(H,17,18,19). The third kappa shape index (κ3) is 4.75. The average Bonchev–Trinajstić information content (AvgIpc) is 2.92. The number of hydrogen-bond donors (Lipinski definition) is 2. The first-order valence-electron chi connectivity index (χ1n) is 7.14. The van der Waals surface area contributed by atoms with Crippen molar-refractivity contribution in [2.24, 2.45) is 0 Å². The minimum Gasteiger partial charge on any atom is -0.494 e. The highest BCUT2D eigenvalue weighted by atomic mass is 32.2. The summed E-state index contributed by atoms with van der Waals surface area (Å²) in [4.78, 5) is 4.31. The molecule has 2 N–H and O–H groups in total. The highest BCUT2D eigenvalue weighted by Crippen LogP contribution is 2.23. The number of aryl methyl sites for hydroxylation is 1. The van der Waals surface area contributed by atoms with E-state index in [2.05, 4.69) is 39.6 Å². The van der Waals surface area contributed by atoms with Crippen LogP contribution in [0.15, 0.2) is 29.4 Å². The number of rotatable bonds is 8. The van der Waals surface area contributed by atoms with Gasteiger partial charge in [-0.1, -0.05) is 30.8 Å². The lowest BCUT2D eigenvalue weighted by Crippen LogP contribution is -2.18. The number of thioether (sulfide) groups is 1. The molecule has 0 aliphatic rings. The molecule has 2 rings (SSSR count). The third-order valence-electron chi connectivity index (χ3n) is 3.06. The van der Waals surface area contributed by atoms with Crippen molar-refractivity contribution >= 4 is 11.8 Å². The Labute approximate surface area is 129 Å². The van der Waals surface area contributed by atoms with Crippen LogP contribution in [-0.4, -0.2) is 34.6 Å². The second-order valence-electron chi connectivity index (χ2n) is 4.77. The van der Waals surface area contributed by atoms with Crippen molar-refractivity contribution in [3.63, 3.8) is 0 Å². The maximum Gasteiger partial charge on any atom is 0.208 e. The molecule has 21 heavy (non-hydrogen) atoms. The predicted molar refractivity (Wildman–Crippen MR) is 85.9 cm³/mol. The highest BCUT2D eigenvalue weighted by molar-refractivity contribution is 7.99. The van der Waals surface area contributed by atoms with Crippen molar-refractivity contribution < 1.29 is 4.74 Å². The van der Waals surface area contributed by atoms with Gasteiger partial charge in [0.1, 0.15) is 11.6 Å². The largest absolute Gasteiger partial charge is 0.494 e. The van der Waals surface area contributed by atoms with E-state index in [4.69, 9.17) is 4.74 Å². The normalized spacial score (nSPS) is 12.3. The zero-order valence-electron chi connectivity index (χ0n) is 12.7. The molecule has 5 nitrogen and oxygen atoms in total. The number of ether oxygens (including phenoxy) is 1. The molecule has 114 valence electrons. The van der Waals surface area contributed by atoms with Gasteiger partial charge in [0, 0.05) is 11.8 Å². The van der Waals surface area contributed by atoms with Crippen molar-refractivity contribution in [1.82, 2.24) is 20.5 Å². The molecule has 6 heteroatoms. The summed E-state index contributed by atoms with van der Waals surface area (Å²) >= 11 is 1.64. The summed E-state index contributed by atoms with van der Waals surface area (Å²) in [6.07, 6.45) is 1.02. The Bertz CT molecular complexity index is 541. The molecule has 2 aromatic rings. The molecule has 0 aliphatic heterocycles. The molecule has 1 unspecified atom stereocenters. The average molecular weight is 306 g/mol. The van der Waals surface area contributed by atoms with Gasteiger partial charge in [-0.05, 0) is 38.1 Å². The van der Waals surface area contributed by atoms with Gasteiger partial charge in [0.25, 0.3) is 0 Å². The number of aromatic amines is 1. The summed E-state index contributed by atoms with van der Waals surface area (Å²) in [5.74, 6) is 2.65. The Morgan fingerprint density at radius 3 is 2.67 bits per heavy atom. The van der Waals surface area contributed by atoms with Crippen LogP contribution in [0.3, 0.4) is 0 Å². The molecule has 0 saturated carbocycles. The molecule has 0 amide bonds. The Morgan fingerprint density at radius 2 is 2.10 bits per heavy atom. The lowest BCUT2D eigenvalue weighted by atomic mass is 10.1. The first-order valence-corrected chi connectivity index (χ1v) is 8.13. The van der Waals surface area contributed by atoms with Crippen molar-refractivity contribution in [2.75, 3.05) is 19.4 Å². The summed E-state index contributed by atoms with van der Waals surface area (Å²) in [6, 6.07) is 8.52. The fourth-order valence-electron chi connectivity index (χ4n) is 1.91. The van der Waals surface area contributed by atoms with Crippen molar-refractivity contribution in [3.8, 4) is 5.75 Å². The van der Waals surface area contributed by atoms with E-state index in [1.54, 1.807) is 11.8 Å². The van der Waals surface area contributed by atoms with Crippen LogP contribution in [0.4, 0.5) is 0 Å². The van der Waals surface area contributed by atoms with Crippen LogP contribution in [0, 0.1) is 6.92 Å². The SMILES string of the molecule is CCCOc1ccc(C(CSc2n[nH]c(C)n2)NC)cc1. The molecule has 1 heterocycles. The maximum atomic E-state index is 5.61. The minimum absolute atomic E-state index is 0.258.